The molecule has 1 aliphatic rings. The third kappa shape index (κ3) is 2.95. The molecule has 2 aromatic rings. The van der Waals surface area contributed by atoms with E-state index in [0.717, 1.165) is 22.9 Å². The fraction of sp³-hybridized carbons (Fsp3) is 0.200. The Hall–Kier alpha value is -2.87. The number of anilines is 1. The van der Waals surface area contributed by atoms with Gasteiger partial charge in [0.25, 0.3) is 11.2 Å². The van der Waals surface area contributed by atoms with Gasteiger partial charge >= 0.3 is 0 Å². The van der Waals surface area contributed by atoms with Crippen molar-refractivity contribution >= 4 is 28.9 Å². The first-order valence-electron chi connectivity index (χ1n) is 7.04. The summed E-state index contributed by atoms with van der Waals surface area (Å²) < 4.78 is 6.49. The lowest BCUT2D eigenvalue weighted by Gasteiger charge is -2.30. The van der Waals surface area contributed by atoms with Crippen LogP contribution >= 0.6 is 11.6 Å². The van der Waals surface area contributed by atoms with Crippen LogP contribution in [0.1, 0.15) is 0 Å². The number of halogens is 1. The second kappa shape index (κ2) is 6.32. The van der Waals surface area contributed by atoms with Crippen LogP contribution in [0.25, 0.3) is 0 Å². The van der Waals surface area contributed by atoms with Gasteiger partial charge in [-0.1, -0.05) is 17.7 Å². The summed E-state index contributed by atoms with van der Waals surface area (Å²) in [7, 11) is 0. The van der Waals surface area contributed by atoms with Crippen molar-refractivity contribution < 1.29 is 14.5 Å². The van der Waals surface area contributed by atoms with Crippen molar-refractivity contribution in [3.63, 3.8) is 0 Å². The SMILES string of the molecule is O=C(Cn1cc([N+](=O)[O-])ccc1=O)N1CCOc2c(Cl)cccc21. The summed E-state index contributed by atoms with van der Waals surface area (Å²) in [6.45, 7) is 0.259. The van der Waals surface area contributed by atoms with Crippen LogP contribution in [-0.4, -0.2) is 28.5 Å². The van der Waals surface area contributed by atoms with Crippen molar-refractivity contribution in [1.82, 2.24) is 4.57 Å². The number of pyridine rings is 1. The molecule has 8 nitrogen and oxygen atoms in total. The van der Waals surface area contributed by atoms with E-state index in [1.165, 1.54) is 4.90 Å². The molecule has 3 rings (SSSR count). The highest BCUT2D eigenvalue weighted by Crippen LogP contribution is 2.37. The zero-order valence-corrected chi connectivity index (χ0v) is 13.1. The fourth-order valence-electron chi connectivity index (χ4n) is 2.45. The van der Waals surface area contributed by atoms with Crippen LogP contribution in [0.15, 0.2) is 41.3 Å². The summed E-state index contributed by atoms with van der Waals surface area (Å²) >= 11 is 6.06. The summed E-state index contributed by atoms with van der Waals surface area (Å²) in [5.74, 6) is 0.0228. The zero-order valence-electron chi connectivity index (χ0n) is 12.3. The van der Waals surface area contributed by atoms with Crippen LogP contribution < -0.4 is 15.2 Å². The van der Waals surface area contributed by atoms with E-state index >= 15 is 0 Å². The Labute approximate surface area is 141 Å². The third-order valence-electron chi connectivity index (χ3n) is 3.58. The number of nitrogens with zero attached hydrogens (tertiary/aromatic N) is 3. The molecule has 1 amide bonds. The molecule has 2 heterocycles. The average Bonchev–Trinajstić information content (AvgIpc) is 2.56. The molecule has 9 heteroatoms. The summed E-state index contributed by atoms with van der Waals surface area (Å²) in [5.41, 5.74) is -0.237. The van der Waals surface area contributed by atoms with E-state index in [4.69, 9.17) is 16.3 Å². The van der Waals surface area contributed by atoms with Crippen molar-refractivity contribution in [2.45, 2.75) is 6.54 Å². The Morgan fingerprint density at radius 2 is 2.12 bits per heavy atom. The number of nitro groups is 1. The van der Waals surface area contributed by atoms with Gasteiger partial charge in [-0.25, -0.2) is 0 Å². The van der Waals surface area contributed by atoms with Crippen LogP contribution in [0.4, 0.5) is 11.4 Å². The molecular formula is C15H12ClN3O5. The molecule has 0 spiro atoms. The largest absolute Gasteiger partial charge is 0.488 e. The number of carbonyl (C=O) groups excluding carboxylic acids is 1. The number of amides is 1. The molecule has 0 N–H and O–H groups in total. The minimum atomic E-state index is -0.621. The monoisotopic (exact) mass is 349 g/mol. The maximum atomic E-state index is 12.6. The second-order valence-corrected chi connectivity index (χ2v) is 5.50. The molecule has 1 aromatic carbocycles. The molecule has 124 valence electrons. The number of benzene rings is 1. The van der Waals surface area contributed by atoms with Crippen molar-refractivity contribution in [1.29, 1.82) is 0 Å². The highest BCUT2D eigenvalue weighted by atomic mass is 35.5. The molecule has 0 bridgehead atoms. The molecule has 0 radical (unpaired) electrons. The minimum Gasteiger partial charge on any atom is -0.488 e. The Bertz CT molecular complexity index is 880. The molecule has 0 saturated heterocycles. The number of hydrogen-bond acceptors (Lipinski definition) is 5. The van der Waals surface area contributed by atoms with E-state index in [1.54, 1.807) is 18.2 Å². The fourth-order valence-corrected chi connectivity index (χ4v) is 2.68. The van der Waals surface area contributed by atoms with E-state index in [2.05, 4.69) is 0 Å². The Balaban J connectivity index is 1.90. The van der Waals surface area contributed by atoms with Crippen molar-refractivity contribution in [2.24, 2.45) is 0 Å². The van der Waals surface area contributed by atoms with Gasteiger partial charge in [-0.2, -0.15) is 0 Å². The predicted octanol–water partition coefficient (Wildman–Crippen LogP) is 1.84. The van der Waals surface area contributed by atoms with Gasteiger partial charge in [0, 0.05) is 12.1 Å². The van der Waals surface area contributed by atoms with Crippen LogP contribution in [-0.2, 0) is 11.3 Å². The molecule has 1 aliphatic heterocycles. The number of carbonyl (C=O) groups is 1. The highest BCUT2D eigenvalue weighted by Gasteiger charge is 2.25. The lowest BCUT2D eigenvalue weighted by molar-refractivity contribution is -0.385. The maximum absolute atomic E-state index is 12.6. The molecule has 24 heavy (non-hydrogen) atoms. The first-order chi connectivity index (χ1) is 11.5. The highest BCUT2D eigenvalue weighted by molar-refractivity contribution is 6.32. The standard InChI is InChI=1S/C15H12ClN3O5/c16-11-2-1-3-12-15(11)24-7-6-18(12)14(21)9-17-8-10(19(22)23)4-5-13(17)20/h1-5,8H,6-7,9H2. The van der Waals surface area contributed by atoms with E-state index in [0.29, 0.717) is 23.0 Å². The topological polar surface area (TPSA) is 94.7 Å². The molecular weight excluding hydrogens is 338 g/mol. The normalized spacial score (nSPS) is 13.1. The van der Waals surface area contributed by atoms with Gasteiger partial charge in [0.1, 0.15) is 13.2 Å². The van der Waals surface area contributed by atoms with E-state index < -0.39 is 10.5 Å². The van der Waals surface area contributed by atoms with E-state index in [9.17, 15) is 19.7 Å². The third-order valence-corrected chi connectivity index (χ3v) is 3.88. The van der Waals surface area contributed by atoms with Gasteiger partial charge in [0.2, 0.25) is 5.91 Å². The van der Waals surface area contributed by atoms with Crippen molar-refractivity contribution in [2.75, 3.05) is 18.1 Å². The number of fused-ring (bicyclic) bond motifs is 1. The number of hydrogen-bond donors (Lipinski definition) is 0. The summed E-state index contributed by atoms with van der Waals surface area (Å²) in [5, 5.41) is 11.2. The van der Waals surface area contributed by atoms with Crippen LogP contribution in [0.3, 0.4) is 0 Å². The van der Waals surface area contributed by atoms with Gasteiger partial charge in [-0.3, -0.25) is 24.3 Å². The molecule has 0 saturated carbocycles. The van der Waals surface area contributed by atoms with E-state index in [-0.39, 0.29) is 24.7 Å². The first-order valence-corrected chi connectivity index (χ1v) is 7.42. The average molecular weight is 350 g/mol. The summed E-state index contributed by atoms with van der Waals surface area (Å²) in [4.78, 5) is 36.1. The molecule has 0 fully saturated rings. The van der Waals surface area contributed by atoms with Gasteiger partial charge in [0.05, 0.1) is 28.4 Å². The lowest BCUT2D eigenvalue weighted by atomic mass is 10.2. The summed E-state index contributed by atoms with van der Waals surface area (Å²) in [6.07, 6.45) is 1.06. The second-order valence-electron chi connectivity index (χ2n) is 5.09. The Morgan fingerprint density at radius 1 is 1.33 bits per heavy atom. The number of ether oxygens (including phenoxy) is 1. The van der Waals surface area contributed by atoms with E-state index in [1.807, 2.05) is 0 Å². The lowest BCUT2D eigenvalue weighted by Crippen LogP contribution is -2.41. The van der Waals surface area contributed by atoms with Gasteiger partial charge in [-0.05, 0) is 12.1 Å². The number of para-hydroxylation sites is 1. The van der Waals surface area contributed by atoms with Gasteiger partial charge < -0.3 is 9.64 Å². The molecule has 0 aliphatic carbocycles. The van der Waals surface area contributed by atoms with Gasteiger partial charge in [0.15, 0.2) is 5.75 Å². The smallest absolute Gasteiger partial charge is 0.285 e. The molecule has 1 aromatic heterocycles. The van der Waals surface area contributed by atoms with Crippen LogP contribution in [0, 0.1) is 10.1 Å². The minimum absolute atomic E-state index is 0.257. The molecule has 0 unspecified atom stereocenters. The van der Waals surface area contributed by atoms with Crippen molar-refractivity contribution in [3.8, 4) is 5.75 Å². The maximum Gasteiger partial charge on any atom is 0.285 e. The molecule has 0 atom stereocenters. The van der Waals surface area contributed by atoms with Gasteiger partial charge in [-0.15, -0.1) is 0 Å². The Kier molecular flexibility index (Phi) is 4.22. The van der Waals surface area contributed by atoms with Crippen LogP contribution in [0.2, 0.25) is 5.02 Å². The Morgan fingerprint density at radius 3 is 2.88 bits per heavy atom. The van der Waals surface area contributed by atoms with Crippen LogP contribution in [0.5, 0.6) is 5.75 Å². The number of aromatic nitrogens is 1. The summed E-state index contributed by atoms with van der Waals surface area (Å²) in [6, 6.07) is 7.20. The number of rotatable bonds is 3. The zero-order chi connectivity index (χ0) is 17.3. The first kappa shape index (κ1) is 16.0. The predicted molar refractivity (Wildman–Crippen MR) is 86.7 cm³/mol. The quantitative estimate of drug-likeness (QED) is 0.622. The van der Waals surface area contributed by atoms with Crippen molar-refractivity contribution in [3.05, 3.63) is 62.0 Å².